The summed E-state index contributed by atoms with van der Waals surface area (Å²) < 4.78 is 1.21. The third-order valence-corrected chi connectivity index (χ3v) is 3.86. The fourth-order valence-electron chi connectivity index (χ4n) is 2.67. The van der Waals surface area contributed by atoms with Crippen LogP contribution in [0.1, 0.15) is 48.0 Å². The van der Waals surface area contributed by atoms with E-state index in [9.17, 15) is 14.7 Å². The van der Waals surface area contributed by atoms with Crippen molar-refractivity contribution in [3.63, 3.8) is 0 Å². The van der Waals surface area contributed by atoms with Gasteiger partial charge in [-0.05, 0) is 31.9 Å². The van der Waals surface area contributed by atoms with Crippen LogP contribution in [-0.4, -0.2) is 15.5 Å². The van der Waals surface area contributed by atoms with Gasteiger partial charge in [0.2, 0.25) is 0 Å². The van der Waals surface area contributed by atoms with Crippen molar-refractivity contribution in [1.82, 2.24) is 4.57 Å². The van der Waals surface area contributed by atoms with E-state index in [-0.39, 0.29) is 46.9 Å². The molecule has 0 bridgehead atoms. The molecule has 0 atom stereocenters. The number of carbonyl (C=O) groups is 1. The van der Waals surface area contributed by atoms with E-state index in [0.29, 0.717) is 11.5 Å². The zero-order valence-electron chi connectivity index (χ0n) is 12.6. The van der Waals surface area contributed by atoms with Crippen molar-refractivity contribution in [2.45, 2.75) is 39.0 Å². The van der Waals surface area contributed by atoms with Crippen LogP contribution in [0.3, 0.4) is 0 Å². The second-order valence-electron chi connectivity index (χ2n) is 5.45. The monoisotopic (exact) mass is 413 g/mol. The first-order valence-electron chi connectivity index (χ1n) is 7.05. The predicted octanol–water partition coefficient (Wildman–Crippen LogP) is 2.52. The van der Waals surface area contributed by atoms with Gasteiger partial charge in [0.25, 0.3) is 0 Å². The molecule has 1 aromatic rings. The quantitative estimate of drug-likeness (QED) is 0.471. The van der Waals surface area contributed by atoms with Crippen LogP contribution in [0.4, 0.5) is 0 Å². The third kappa shape index (κ3) is 4.41. The van der Waals surface area contributed by atoms with E-state index < -0.39 is 11.3 Å². The Bertz CT molecular complexity index is 598. The smallest absolute Gasteiger partial charge is 0.170 e. The number of hydrogen-bond acceptors (Lipinski definition) is 3. The molecule has 1 aliphatic rings. The summed E-state index contributed by atoms with van der Waals surface area (Å²) in [6, 6.07) is 0. The number of aromatic hydroxyl groups is 1. The molecule has 111 valence electrons. The van der Waals surface area contributed by atoms with Crippen LogP contribution in [0.2, 0.25) is 0 Å². The molecule has 0 amide bonds. The van der Waals surface area contributed by atoms with Crippen LogP contribution in [0, 0.1) is 54.6 Å². The predicted molar refractivity (Wildman–Crippen MR) is 77.0 cm³/mol. The van der Waals surface area contributed by atoms with Gasteiger partial charge in [0.05, 0.1) is 0 Å². The van der Waals surface area contributed by atoms with Crippen molar-refractivity contribution in [1.29, 1.82) is 0 Å². The summed E-state index contributed by atoms with van der Waals surface area (Å²) in [5, 5.41) is 9.91. The van der Waals surface area contributed by atoms with Crippen LogP contribution in [0.25, 0.3) is 0 Å². The number of aryl methyl sites for hydroxylation is 2. The number of aromatic nitrogens is 1. The topological polar surface area (TPSA) is 59.3 Å². The van der Waals surface area contributed by atoms with Crippen molar-refractivity contribution in [2.75, 3.05) is 0 Å². The van der Waals surface area contributed by atoms with Crippen molar-refractivity contribution in [3.05, 3.63) is 39.8 Å². The number of rotatable bonds is 3. The van der Waals surface area contributed by atoms with E-state index in [0.717, 1.165) is 12.8 Å². The molecule has 1 fully saturated rings. The second kappa shape index (κ2) is 8.11. The summed E-state index contributed by atoms with van der Waals surface area (Å²) in [6.45, 7) is 1.62. The first-order valence-corrected chi connectivity index (χ1v) is 7.05. The minimum atomic E-state index is -0.508. The summed E-state index contributed by atoms with van der Waals surface area (Å²) >= 11 is 0. The Kier molecular flexibility index (Phi) is 7.11. The normalized spacial score (nSPS) is 15.9. The molecule has 0 unspecified atom stereocenters. The van der Waals surface area contributed by atoms with Crippen LogP contribution >= 0.6 is 0 Å². The molecule has 1 radical (unpaired) electrons. The third-order valence-electron chi connectivity index (χ3n) is 3.86. The van der Waals surface area contributed by atoms with E-state index in [1.807, 2.05) is 6.08 Å². The largest absolute Gasteiger partial charge is 0.565 e. The molecule has 2 rings (SSSR count). The Labute approximate surface area is 152 Å². The molecule has 0 spiro atoms. The first-order chi connectivity index (χ1) is 9.50. The van der Waals surface area contributed by atoms with Crippen LogP contribution in [0.5, 0.6) is 5.75 Å². The number of hydrogen-bond donors (Lipinski definition) is 1. The number of ketones is 1. The molecule has 1 heterocycles. The Morgan fingerprint density at radius 3 is 2.57 bits per heavy atom. The van der Waals surface area contributed by atoms with Gasteiger partial charge in [0, 0.05) is 46.9 Å². The first kappa shape index (κ1) is 18.4. The second-order valence-corrected chi connectivity index (χ2v) is 5.45. The maximum atomic E-state index is 12.2. The van der Waals surface area contributed by atoms with E-state index >= 15 is 0 Å². The maximum Gasteiger partial charge on any atom is 0.170 e. The fourth-order valence-corrected chi connectivity index (χ4v) is 2.67. The van der Waals surface area contributed by atoms with Crippen LogP contribution in [0.15, 0.2) is 16.9 Å². The van der Waals surface area contributed by atoms with Crippen LogP contribution in [-0.2, 0) is 7.05 Å². The zero-order chi connectivity index (χ0) is 14.7. The fraction of sp³-hybridized carbons (Fsp3) is 0.500. The zero-order valence-corrected chi connectivity index (χ0v) is 16.2. The van der Waals surface area contributed by atoms with Gasteiger partial charge < -0.3 is 14.5 Å². The van der Waals surface area contributed by atoms with Gasteiger partial charge in [-0.15, -0.1) is 5.56 Å². The van der Waals surface area contributed by atoms with Crippen molar-refractivity contribution >= 4 is 5.78 Å². The molecule has 4 nitrogen and oxygen atoms in total. The van der Waals surface area contributed by atoms with E-state index in [1.165, 1.54) is 37.0 Å². The molecule has 1 aliphatic carbocycles. The Morgan fingerprint density at radius 2 is 1.95 bits per heavy atom. The molecular formula is C16H20LaNO3-. The minimum Gasteiger partial charge on any atom is -0.565 e. The average molecular weight is 413 g/mol. The SMILES string of the molecule is Cc1[c-]n(C)c(=O)c(C(=O)/C=C/C2CCCCC2)c1O.[La]. The van der Waals surface area contributed by atoms with Gasteiger partial charge in [-0.3, -0.25) is 4.79 Å². The number of carbonyl (C=O) groups excluding carboxylic acids is 1. The van der Waals surface area contributed by atoms with Crippen LogP contribution < -0.4 is 5.56 Å². The average Bonchev–Trinajstić information content (AvgIpc) is 2.44. The minimum absolute atomic E-state index is 0. The van der Waals surface area contributed by atoms with E-state index in [1.54, 1.807) is 6.92 Å². The number of allylic oxidation sites excluding steroid dienone is 2. The summed E-state index contributed by atoms with van der Waals surface area (Å²) in [7, 11) is 1.52. The van der Waals surface area contributed by atoms with Crippen molar-refractivity contribution in [3.8, 4) is 5.75 Å². The van der Waals surface area contributed by atoms with Gasteiger partial charge in [-0.2, -0.15) is 0 Å². The molecule has 0 aliphatic heterocycles. The van der Waals surface area contributed by atoms with Gasteiger partial charge in [0.1, 0.15) is 5.56 Å². The summed E-state index contributed by atoms with van der Waals surface area (Å²) in [5.41, 5.74) is -0.260. The standard InChI is InChI=1S/C16H20NO3.La/c1-11-10-17(2)16(20)14(15(11)19)13(18)9-8-12-6-4-3-5-7-12;/h8-9,12,19H,3-7H2,1-2H3;/q-1;/b9-8+;. The van der Waals surface area contributed by atoms with Gasteiger partial charge in [-0.1, -0.05) is 38.5 Å². The van der Waals surface area contributed by atoms with Gasteiger partial charge in [-0.25, -0.2) is 0 Å². The molecule has 5 heteroatoms. The van der Waals surface area contributed by atoms with E-state index in [2.05, 4.69) is 6.20 Å². The maximum absolute atomic E-state index is 12.2. The molecule has 21 heavy (non-hydrogen) atoms. The molecule has 0 aromatic carbocycles. The molecule has 1 N–H and O–H groups in total. The van der Waals surface area contributed by atoms with E-state index in [4.69, 9.17) is 0 Å². The number of nitrogens with zero attached hydrogens (tertiary/aromatic N) is 1. The van der Waals surface area contributed by atoms with Crippen molar-refractivity contribution < 1.29 is 45.5 Å². The molecule has 1 aromatic heterocycles. The summed E-state index contributed by atoms with van der Waals surface area (Å²) in [6.07, 6.45) is 11.8. The Balaban J connectivity index is 0.00000220. The summed E-state index contributed by atoms with van der Waals surface area (Å²) in [5.74, 6) is -0.271. The molecular weight excluding hydrogens is 393 g/mol. The molecule has 1 saturated carbocycles. The van der Waals surface area contributed by atoms with Crippen molar-refractivity contribution in [2.24, 2.45) is 13.0 Å². The number of pyridine rings is 1. The summed E-state index contributed by atoms with van der Waals surface area (Å²) in [4.78, 5) is 24.1. The van der Waals surface area contributed by atoms with Gasteiger partial charge >= 0.3 is 0 Å². The van der Waals surface area contributed by atoms with Gasteiger partial charge in [0.15, 0.2) is 5.78 Å². The molecule has 0 saturated heterocycles. The Morgan fingerprint density at radius 1 is 1.33 bits per heavy atom. The Hall–Kier alpha value is -0.645.